The van der Waals surface area contributed by atoms with Crippen LogP contribution in [0.3, 0.4) is 0 Å². The molecule has 1 unspecified atom stereocenters. The molecule has 2 nitrogen and oxygen atoms in total. The fourth-order valence-electron chi connectivity index (χ4n) is 2.39. The quantitative estimate of drug-likeness (QED) is 0.865. The van der Waals surface area contributed by atoms with E-state index in [4.69, 9.17) is 10.5 Å². The Balaban J connectivity index is 1.94. The number of nitrogens with two attached hydrogens (primary N) is 1. The van der Waals surface area contributed by atoms with Crippen molar-refractivity contribution in [2.45, 2.75) is 18.6 Å². The third-order valence-corrected chi connectivity index (χ3v) is 3.42. The molecule has 1 heterocycles. The molecule has 0 aromatic heterocycles. The van der Waals surface area contributed by atoms with Crippen molar-refractivity contribution in [3.8, 4) is 5.75 Å². The summed E-state index contributed by atoms with van der Waals surface area (Å²) in [7, 11) is 0. The van der Waals surface area contributed by atoms with Crippen LogP contribution < -0.4 is 10.5 Å². The Labute approximate surface area is 114 Å². The van der Waals surface area contributed by atoms with Crippen molar-refractivity contribution in [1.82, 2.24) is 0 Å². The summed E-state index contributed by atoms with van der Waals surface area (Å²) in [5.41, 5.74) is 7.09. The minimum absolute atomic E-state index is 0.377. The first-order valence-electron chi connectivity index (χ1n) is 6.21. The van der Waals surface area contributed by atoms with Crippen molar-refractivity contribution in [3.63, 3.8) is 0 Å². The molecule has 0 amide bonds. The summed E-state index contributed by atoms with van der Waals surface area (Å²) in [6.07, 6.45) is -0.0975. The van der Waals surface area contributed by atoms with Gasteiger partial charge in [-0.2, -0.15) is 0 Å². The summed E-state index contributed by atoms with van der Waals surface area (Å²) >= 11 is 0. The Hall–Kier alpha value is -2.01. The molecule has 2 N–H and O–H groups in total. The average molecular weight is 279 g/mol. The van der Waals surface area contributed by atoms with Gasteiger partial charge in [0.05, 0.1) is 0 Å². The highest BCUT2D eigenvalue weighted by molar-refractivity contribution is 5.39. The fourth-order valence-corrected chi connectivity index (χ4v) is 2.39. The smallest absolute Gasteiger partial charge is 0.159 e. The molecule has 2 aromatic rings. The highest BCUT2D eigenvalue weighted by Gasteiger charge is 2.28. The maximum Gasteiger partial charge on any atom is 0.159 e. The van der Waals surface area contributed by atoms with Crippen LogP contribution in [-0.2, 0) is 0 Å². The molecule has 0 saturated carbocycles. The Morgan fingerprint density at radius 3 is 2.55 bits per heavy atom. The lowest BCUT2D eigenvalue weighted by atomic mass is 9.93. The van der Waals surface area contributed by atoms with Gasteiger partial charge in [-0.25, -0.2) is 13.2 Å². The topological polar surface area (TPSA) is 35.2 Å². The molecule has 1 aliphatic rings. The first-order chi connectivity index (χ1) is 9.54. The zero-order chi connectivity index (χ0) is 14.3. The Bertz CT molecular complexity index is 660. The summed E-state index contributed by atoms with van der Waals surface area (Å²) in [6.45, 7) is 0. The third kappa shape index (κ3) is 2.25. The number of fused-ring (bicyclic) bond motifs is 1. The predicted octanol–water partition coefficient (Wildman–Crippen LogP) is 3.63. The van der Waals surface area contributed by atoms with Gasteiger partial charge in [0, 0.05) is 18.0 Å². The molecule has 5 heteroatoms. The molecule has 3 rings (SSSR count). The number of halogens is 3. The second-order valence-corrected chi connectivity index (χ2v) is 4.80. The van der Waals surface area contributed by atoms with Gasteiger partial charge >= 0.3 is 0 Å². The van der Waals surface area contributed by atoms with E-state index in [1.54, 1.807) is 0 Å². The molecule has 0 fully saturated rings. The largest absolute Gasteiger partial charge is 0.485 e. The van der Waals surface area contributed by atoms with Gasteiger partial charge in [-0.1, -0.05) is 6.07 Å². The first-order valence-corrected chi connectivity index (χ1v) is 6.21. The molecule has 1 aliphatic heterocycles. The number of hydrogen-bond acceptors (Lipinski definition) is 2. The fraction of sp³-hybridized carbons (Fsp3) is 0.200. The number of hydrogen-bond donors (Lipinski definition) is 1. The van der Waals surface area contributed by atoms with Gasteiger partial charge < -0.3 is 10.5 Å². The van der Waals surface area contributed by atoms with Gasteiger partial charge in [-0.05, 0) is 35.9 Å². The minimum Gasteiger partial charge on any atom is -0.485 e. The van der Waals surface area contributed by atoms with Crippen LogP contribution >= 0.6 is 0 Å². The zero-order valence-electron chi connectivity index (χ0n) is 10.4. The Kier molecular flexibility index (Phi) is 3.14. The number of rotatable bonds is 1. The van der Waals surface area contributed by atoms with Crippen molar-refractivity contribution in [2.75, 3.05) is 0 Å². The van der Waals surface area contributed by atoms with E-state index in [1.165, 1.54) is 24.3 Å². The van der Waals surface area contributed by atoms with E-state index in [1.807, 2.05) is 0 Å². The summed E-state index contributed by atoms with van der Waals surface area (Å²) in [5, 5.41) is 0. The molecule has 0 saturated heterocycles. The van der Waals surface area contributed by atoms with E-state index in [0.717, 1.165) is 12.1 Å². The van der Waals surface area contributed by atoms with Gasteiger partial charge in [-0.3, -0.25) is 0 Å². The van der Waals surface area contributed by atoms with E-state index in [0.29, 0.717) is 23.3 Å². The summed E-state index contributed by atoms with van der Waals surface area (Å²) in [6, 6.07) is 7.32. The normalized spacial score (nSPS) is 21.2. The van der Waals surface area contributed by atoms with E-state index in [2.05, 4.69) is 0 Å². The predicted molar refractivity (Wildman–Crippen MR) is 67.7 cm³/mol. The molecule has 104 valence electrons. The van der Waals surface area contributed by atoms with Crippen molar-refractivity contribution in [2.24, 2.45) is 5.73 Å². The summed E-state index contributed by atoms with van der Waals surface area (Å²) in [5.74, 6) is -1.74. The zero-order valence-corrected chi connectivity index (χ0v) is 10.4. The van der Waals surface area contributed by atoms with Crippen LogP contribution in [0.4, 0.5) is 13.2 Å². The van der Waals surface area contributed by atoms with Crippen LogP contribution in [0.5, 0.6) is 5.75 Å². The molecular weight excluding hydrogens is 267 g/mol. The second-order valence-electron chi connectivity index (χ2n) is 4.80. The SMILES string of the molecule is N[C@H]1CC(c2ccc(F)c(F)c2)Oc2ccc(F)cc21. The van der Waals surface area contributed by atoms with Gasteiger partial charge in [0.1, 0.15) is 17.7 Å². The lowest BCUT2D eigenvalue weighted by Gasteiger charge is -2.30. The molecule has 2 atom stereocenters. The van der Waals surface area contributed by atoms with E-state index >= 15 is 0 Å². The van der Waals surface area contributed by atoms with Crippen molar-refractivity contribution < 1.29 is 17.9 Å². The van der Waals surface area contributed by atoms with Crippen LogP contribution in [0.15, 0.2) is 36.4 Å². The van der Waals surface area contributed by atoms with Gasteiger partial charge in [-0.15, -0.1) is 0 Å². The molecule has 2 aromatic carbocycles. The highest BCUT2D eigenvalue weighted by atomic mass is 19.2. The second kappa shape index (κ2) is 4.83. The monoisotopic (exact) mass is 279 g/mol. The number of benzene rings is 2. The average Bonchev–Trinajstić information content (AvgIpc) is 2.42. The lowest BCUT2D eigenvalue weighted by Crippen LogP contribution is -2.24. The molecular formula is C15H12F3NO. The minimum atomic E-state index is -0.926. The van der Waals surface area contributed by atoms with Crippen molar-refractivity contribution in [3.05, 3.63) is 65.0 Å². The van der Waals surface area contributed by atoms with Gasteiger partial charge in [0.15, 0.2) is 11.6 Å². The molecule has 0 aliphatic carbocycles. The van der Waals surface area contributed by atoms with Crippen LogP contribution in [-0.4, -0.2) is 0 Å². The van der Waals surface area contributed by atoms with Crippen LogP contribution in [0.1, 0.15) is 29.7 Å². The van der Waals surface area contributed by atoms with E-state index in [9.17, 15) is 13.2 Å². The standard InChI is InChI=1S/C15H12F3NO/c16-9-2-4-14-10(6-9)13(19)7-15(20-14)8-1-3-11(17)12(18)5-8/h1-6,13,15H,7,19H2/t13-,15?/m0/s1. The van der Waals surface area contributed by atoms with Gasteiger partial charge in [0.25, 0.3) is 0 Å². The van der Waals surface area contributed by atoms with Crippen LogP contribution in [0, 0.1) is 17.5 Å². The molecule has 0 radical (unpaired) electrons. The van der Waals surface area contributed by atoms with Crippen LogP contribution in [0.2, 0.25) is 0 Å². The highest BCUT2D eigenvalue weighted by Crippen LogP contribution is 2.40. The first kappa shape index (κ1) is 13.0. The number of ether oxygens (including phenoxy) is 1. The molecule has 0 bridgehead atoms. The molecule has 20 heavy (non-hydrogen) atoms. The van der Waals surface area contributed by atoms with Crippen LogP contribution in [0.25, 0.3) is 0 Å². The van der Waals surface area contributed by atoms with Crippen molar-refractivity contribution >= 4 is 0 Å². The Morgan fingerprint density at radius 2 is 1.80 bits per heavy atom. The lowest BCUT2D eigenvalue weighted by molar-refractivity contribution is 0.160. The van der Waals surface area contributed by atoms with Crippen molar-refractivity contribution in [1.29, 1.82) is 0 Å². The summed E-state index contributed by atoms with van der Waals surface area (Å²) < 4.78 is 45.1. The third-order valence-electron chi connectivity index (χ3n) is 3.42. The molecule has 0 spiro atoms. The van der Waals surface area contributed by atoms with Gasteiger partial charge in [0.2, 0.25) is 0 Å². The van der Waals surface area contributed by atoms with E-state index in [-0.39, 0.29) is 5.82 Å². The summed E-state index contributed by atoms with van der Waals surface area (Å²) in [4.78, 5) is 0. The maximum atomic E-state index is 13.3. The maximum absolute atomic E-state index is 13.3. The van der Waals surface area contributed by atoms with E-state index < -0.39 is 23.8 Å². The Morgan fingerprint density at radius 1 is 1.00 bits per heavy atom.